The minimum Gasteiger partial charge on any atom is -0.396 e. The molecule has 3 N–H and O–H groups in total. The largest absolute Gasteiger partial charge is 0.396 e. The van der Waals surface area contributed by atoms with Crippen molar-refractivity contribution in [1.82, 2.24) is 5.32 Å². The van der Waals surface area contributed by atoms with E-state index >= 15 is 0 Å². The number of nitrogens with two attached hydrogens (primary N) is 1. The molecule has 1 aromatic carbocycles. The number of anilines is 1. The van der Waals surface area contributed by atoms with E-state index in [1.54, 1.807) is 0 Å². The Kier molecular flexibility index (Phi) is 4.16. The topological polar surface area (TPSA) is 98.3 Å². The Morgan fingerprint density at radius 1 is 1.35 bits per heavy atom. The summed E-state index contributed by atoms with van der Waals surface area (Å²) in [6.45, 7) is 0. The maximum Gasteiger partial charge on any atom is 0.285 e. The van der Waals surface area contributed by atoms with E-state index in [0.29, 0.717) is 6.07 Å². The summed E-state index contributed by atoms with van der Waals surface area (Å²) >= 11 is 0. The number of nitrogens with zero attached hydrogens (tertiary/aromatic N) is 1. The van der Waals surface area contributed by atoms with Crippen LogP contribution in [0.25, 0.3) is 0 Å². The Morgan fingerprint density at radius 3 is 2.60 bits per heavy atom. The van der Waals surface area contributed by atoms with Crippen molar-refractivity contribution < 1.29 is 14.1 Å². The molecule has 0 aromatic heterocycles. The number of nitrogens with one attached hydrogen (secondary N) is 1. The molecule has 0 aliphatic heterocycles. The van der Waals surface area contributed by atoms with Crippen LogP contribution in [0.5, 0.6) is 0 Å². The van der Waals surface area contributed by atoms with Crippen LogP contribution in [-0.2, 0) is 0 Å². The number of nitro groups is 1. The molecule has 0 heterocycles. The SMILES string of the molecule is Nc1cc(C(=O)NC2CCCCC2)c([N+](=O)[O-])cc1F. The summed E-state index contributed by atoms with van der Waals surface area (Å²) in [6, 6.07) is 1.72. The molecule has 0 radical (unpaired) electrons. The highest BCUT2D eigenvalue weighted by Crippen LogP contribution is 2.25. The van der Waals surface area contributed by atoms with E-state index in [9.17, 15) is 19.3 Å². The van der Waals surface area contributed by atoms with E-state index in [-0.39, 0.29) is 17.3 Å². The molecule has 1 aliphatic rings. The summed E-state index contributed by atoms with van der Waals surface area (Å²) in [5.41, 5.74) is 4.35. The molecule has 20 heavy (non-hydrogen) atoms. The molecule has 0 unspecified atom stereocenters. The van der Waals surface area contributed by atoms with Gasteiger partial charge in [-0.15, -0.1) is 0 Å². The second-order valence-electron chi connectivity index (χ2n) is 4.96. The van der Waals surface area contributed by atoms with Crippen molar-refractivity contribution in [2.24, 2.45) is 0 Å². The molecule has 0 saturated heterocycles. The van der Waals surface area contributed by atoms with Gasteiger partial charge in [-0.1, -0.05) is 19.3 Å². The summed E-state index contributed by atoms with van der Waals surface area (Å²) in [6.07, 6.45) is 4.90. The first kappa shape index (κ1) is 14.2. The van der Waals surface area contributed by atoms with Gasteiger partial charge in [0.2, 0.25) is 0 Å². The zero-order valence-corrected chi connectivity index (χ0v) is 10.9. The van der Waals surface area contributed by atoms with E-state index in [0.717, 1.165) is 38.2 Å². The van der Waals surface area contributed by atoms with Gasteiger partial charge in [0.05, 0.1) is 16.7 Å². The molecule has 0 spiro atoms. The first-order valence-electron chi connectivity index (χ1n) is 6.53. The monoisotopic (exact) mass is 281 g/mol. The number of carbonyl (C=O) groups excluding carboxylic acids is 1. The van der Waals surface area contributed by atoms with Crippen molar-refractivity contribution in [3.63, 3.8) is 0 Å². The minimum atomic E-state index is -0.897. The summed E-state index contributed by atoms with van der Waals surface area (Å²) in [4.78, 5) is 22.2. The van der Waals surface area contributed by atoms with Gasteiger partial charge in [0.1, 0.15) is 5.56 Å². The predicted molar refractivity (Wildman–Crippen MR) is 71.8 cm³/mol. The molecule has 0 atom stereocenters. The van der Waals surface area contributed by atoms with Crippen molar-refractivity contribution in [1.29, 1.82) is 0 Å². The number of halogens is 1. The maximum absolute atomic E-state index is 13.3. The third-order valence-electron chi connectivity index (χ3n) is 3.50. The molecule has 1 aliphatic carbocycles. The Hall–Kier alpha value is -2.18. The first-order chi connectivity index (χ1) is 9.49. The summed E-state index contributed by atoms with van der Waals surface area (Å²) < 4.78 is 13.3. The number of amides is 1. The van der Waals surface area contributed by atoms with Crippen molar-refractivity contribution in [2.45, 2.75) is 38.1 Å². The van der Waals surface area contributed by atoms with Crippen LogP contribution in [-0.4, -0.2) is 16.9 Å². The number of hydrogen-bond acceptors (Lipinski definition) is 4. The van der Waals surface area contributed by atoms with Crippen LogP contribution in [0.3, 0.4) is 0 Å². The highest BCUT2D eigenvalue weighted by atomic mass is 19.1. The summed E-state index contributed by atoms with van der Waals surface area (Å²) in [5, 5.41) is 13.7. The average Bonchev–Trinajstić information content (AvgIpc) is 2.42. The van der Waals surface area contributed by atoms with Gasteiger partial charge in [0, 0.05) is 6.04 Å². The van der Waals surface area contributed by atoms with Crippen molar-refractivity contribution in [3.8, 4) is 0 Å². The maximum atomic E-state index is 13.3. The van der Waals surface area contributed by atoms with E-state index in [2.05, 4.69) is 5.32 Å². The third kappa shape index (κ3) is 3.04. The first-order valence-corrected chi connectivity index (χ1v) is 6.53. The van der Waals surface area contributed by atoms with Crippen molar-refractivity contribution >= 4 is 17.3 Å². The summed E-state index contributed by atoms with van der Waals surface area (Å²) in [5.74, 6) is -1.47. The smallest absolute Gasteiger partial charge is 0.285 e. The molecule has 1 aromatic rings. The zero-order chi connectivity index (χ0) is 14.7. The normalized spacial score (nSPS) is 15.8. The molecular weight excluding hydrogens is 265 g/mol. The second kappa shape index (κ2) is 5.85. The second-order valence-corrected chi connectivity index (χ2v) is 4.96. The molecule has 1 amide bonds. The fourth-order valence-electron chi connectivity index (χ4n) is 2.42. The summed E-state index contributed by atoms with van der Waals surface area (Å²) in [7, 11) is 0. The molecular formula is C13H16FN3O3. The molecule has 2 rings (SSSR count). The number of nitrogen functional groups attached to an aromatic ring is 1. The van der Waals surface area contributed by atoms with Crippen LogP contribution in [0.1, 0.15) is 42.5 Å². The molecule has 1 fully saturated rings. The van der Waals surface area contributed by atoms with Crippen LogP contribution in [0.4, 0.5) is 15.8 Å². The van der Waals surface area contributed by atoms with E-state index < -0.39 is 22.3 Å². The Balaban J connectivity index is 2.23. The van der Waals surface area contributed by atoms with Crippen LogP contribution in [0, 0.1) is 15.9 Å². The molecule has 7 heteroatoms. The van der Waals surface area contributed by atoms with Gasteiger partial charge in [0.25, 0.3) is 11.6 Å². The quantitative estimate of drug-likeness (QED) is 0.505. The fourth-order valence-corrected chi connectivity index (χ4v) is 2.42. The van der Waals surface area contributed by atoms with E-state index in [1.165, 1.54) is 0 Å². The van der Waals surface area contributed by atoms with Gasteiger partial charge in [-0.25, -0.2) is 4.39 Å². The van der Waals surface area contributed by atoms with Gasteiger partial charge in [-0.3, -0.25) is 14.9 Å². The van der Waals surface area contributed by atoms with Crippen LogP contribution >= 0.6 is 0 Å². The van der Waals surface area contributed by atoms with Gasteiger partial charge in [0.15, 0.2) is 5.82 Å². The predicted octanol–water partition coefficient (Wildman–Crippen LogP) is 2.38. The lowest BCUT2D eigenvalue weighted by Crippen LogP contribution is -2.36. The lowest BCUT2D eigenvalue weighted by Gasteiger charge is -2.22. The number of benzene rings is 1. The van der Waals surface area contributed by atoms with Crippen molar-refractivity contribution in [2.75, 3.05) is 5.73 Å². The highest BCUT2D eigenvalue weighted by molar-refractivity contribution is 5.99. The number of hydrogen-bond donors (Lipinski definition) is 2. The van der Waals surface area contributed by atoms with Crippen LogP contribution in [0.15, 0.2) is 12.1 Å². The molecule has 6 nitrogen and oxygen atoms in total. The van der Waals surface area contributed by atoms with Crippen LogP contribution < -0.4 is 11.1 Å². The molecule has 1 saturated carbocycles. The number of rotatable bonds is 3. The third-order valence-corrected chi connectivity index (χ3v) is 3.50. The molecule has 108 valence electrons. The highest BCUT2D eigenvalue weighted by Gasteiger charge is 2.25. The van der Waals surface area contributed by atoms with Gasteiger partial charge in [-0.2, -0.15) is 0 Å². The Bertz CT molecular complexity index is 542. The van der Waals surface area contributed by atoms with E-state index in [1.807, 2.05) is 0 Å². The molecule has 0 bridgehead atoms. The fraction of sp³-hybridized carbons (Fsp3) is 0.462. The van der Waals surface area contributed by atoms with Crippen molar-refractivity contribution in [3.05, 3.63) is 33.6 Å². The average molecular weight is 281 g/mol. The van der Waals surface area contributed by atoms with Crippen LogP contribution in [0.2, 0.25) is 0 Å². The van der Waals surface area contributed by atoms with E-state index in [4.69, 9.17) is 5.73 Å². The lowest BCUT2D eigenvalue weighted by atomic mass is 9.95. The lowest BCUT2D eigenvalue weighted by molar-refractivity contribution is -0.385. The van der Waals surface area contributed by atoms with Gasteiger partial charge >= 0.3 is 0 Å². The Labute approximate surface area is 115 Å². The Morgan fingerprint density at radius 2 is 2.00 bits per heavy atom. The van der Waals surface area contributed by atoms with Gasteiger partial charge in [-0.05, 0) is 18.9 Å². The minimum absolute atomic E-state index is 0.0159. The van der Waals surface area contributed by atoms with Gasteiger partial charge < -0.3 is 11.1 Å². The zero-order valence-electron chi connectivity index (χ0n) is 10.9. The standard InChI is InChI=1S/C13H16FN3O3/c14-10-7-12(17(19)20)9(6-11(10)15)13(18)16-8-4-2-1-3-5-8/h6-8H,1-5,15H2,(H,16,18). The number of carbonyl (C=O) groups is 1. The number of nitro benzene ring substituents is 1.